The summed E-state index contributed by atoms with van der Waals surface area (Å²) in [7, 11) is 3.98. The van der Waals surface area contributed by atoms with Gasteiger partial charge in [-0.2, -0.15) is 15.2 Å². The van der Waals surface area contributed by atoms with Crippen LogP contribution < -0.4 is 37.2 Å². The van der Waals surface area contributed by atoms with Gasteiger partial charge in [-0.3, -0.25) is 9.59 Å². The van der Waals surface area contributed by atoms with Gasteiger partial charge < -0.3 is 66.2 Å². The highest BCUT2D eigenvalue weighted by Crippen LogP contribution is 2.43. The van der Waals surface area contributed by atoms with Crippen LogP contribution >= 0.6 is 150 Å². The number of ether oxygens (including phenoxy) is 3. The summed E-state index contributed by atoms with van der Waals surface area (Å²) in [5.41, 5.74) is 27.1. The van der Waals surface area contributed by atoms with Gasteiger partial charge in [0.05, 0.1) is 64.7 Å². The van der Waals surface area contributed by atoms with Crippen LogP contribution in [0.3, 0.4) is 0 Å². The number of aromatic nitrogens is 11. The van der Waals surface area contributed by atoms with Gasteiger partial charge in [0.2, 0.25) is 22.4 Å². The molecule has 17 aromatic rings. The van der Waals surface area contributed by atoms with Crippen molar-refractivity contribution in [2.45, 2.75) is 76.0 Å². The number of primary amides is 2. The minimum Gasteiger partial charge on any atom is -0.444 e. The number of pyridine rings is 5. The minimum atomic E-state index is -2.04. The van der Waals surface area contributed by atoms with E-state index in [2.05, 4.69) is 97.4 Å². The number of anilines is 4. The van der Waals surface area contributed by atoms with Crippen LogP contribution in [0, 0.1) is 16.0 Å². The summed E-state index contributed by atoms with van der Waals surface area (Å²) in [6.07, 6.45) is 3.01. The third kappa shape index (κ3) is 29.1. The number of rotatable bonds is 10. The molecule has 20 rings (SSSR count). The highest BCUT2D eigenvalue weighted by molar-refractivity contribution is 7.71. The quantitative estimate of drug-likeness (QED) is 0.0212. The van der Waals surface area contributed by atoms with Gasteiger partial charge in [-0.25, -0.2) is 54.3 Å². The van der Waals surface area contributed by atoms with E-state index in [9.17, 15) is 24.0 Å². The number of piperidine rings is 1. The molecule has 0 aliphatic carbocycles. The van der Waals surface area contributed by atoms with Crippen LogP contribution in [0.25, 0.3) is 128 Å². The molecule has 0 bridgehead atoms. The molecule has 8 N–H and O–H groups in total. The fraction of sp³-hybridized carbons (Fsp3) is 0.250. The van der Waals surface area contributed by atoms with Gasteiger partial charge in [-0.05, 0) is 185 Å². The number of nitrogens with two attached hydrogens (primary N) is 3. The van der Waals surface area contributed by atoms with E-state index in [1.807, 2.05) is 243 Å². The smallest absolute Gasteiger partial charge is 0.410 e. The number of halogens is 8. The fourth-order valence-corrected chi connectivity index (χ4v) is 20.0. The van der Waals surface area contributed by atoms with E-state index in [-0.39, 0.29) is 34.2 Å². The molecule has 29 nitrogen and oxygen atoms in total. The van der Waals surface area contributed by atoms with E-state index in [1.165, 1.54) is 29.1 Å². The molecule has 5 aromatic carbocycles. The third-order valence-corrected chi connectivity index (χ3v) is 27.0. The second kappa shape index (κ2) is 49.2. The van der Waals surface area contributed by atoms with Gasteiger partial charge in [-0.1, -0.05) is 175 Å². The number of hydrogen-bond acceptors (Lipinski definition) is 29. The van der Waals surface area contributed by atoms with E-state index in [4.69, 9.17) is 145 Å². The highest BCUT2D eigenvalue weighted by atomic mass is 35.6. The molecule has 0 unspecified atom stereocenters. The lowest BCUT2D eigenvalue weighted by atomic mass is 10.1. The first-order valence-electron chi connectivity index (χ1n) is 44.2. The molecule has 15 heterocycles. The largest absolute Gasteiger partial charge is 0.444 e. The predicted octanol–water partition coefficient (Wildman–Crippen LogP) is 24.9. The highest BCUT2D eigenvalue weighted by Gasteiger charge is 2.31. The number of benzene rings is 5. The number of H-pyrrole nitrogens is 1. The number of thiophene rings is 4. The fourth-order valence-electron chi connectivity index (χ4n) is 14.5. The Morgan fingerprint density at radius 2 is 0.845 bits per heavy atom. The maximum absolute atomic E-state index is 12.4. The maximum atomic E-state index is 12.4. The van der Waals surface area contributed by atoms with E-state index >= 15 is 0 Å². The summed E-state index contributed by atoms with van der Waals surface area (Å²) < 4.78 is 16.0. The average molecular weight is 2160 g/mol. The van der Waals surface area contributed by atoms with E-state index in [0.29, 0.717) is 52.1 Å². The molecular weight excluding hydrogens is 2070 g/mol. The number of carbonyl (C=O) groups is 5. The van der Waals surface area contributed by atoms with Crippen LogP contribution in [-0.2, 0) is 19.0 Å². The average Bonchev–Trinajstić information content (AvgIpc) is 1.61. The molecule has 42 heteroatoms. The van der Waals surface area contributed by atoms with E-state index in [0.717, 1.165) is 197 Å². The van der Waals surface area contributed by atoms with Crippen molar-refractivity contribution in [2.24, 2.45) is 11.5 Å². The Balaban J connectivity index is 0.000000143. The van der Waals surface area contributed by atoms with Crippen molar-refractivity contribution in [3.05, 3.63) is 243 Å². The van der Waals surface area contributed by atoms with Crippen LogP contribution in [0.1, 0.15) is 76.0 Å². The molecule has 12 aromatic heterocycles. The lowest BCUT2D eigenvalue weighted by Gasteiger charge is -2.36. The molecule has 3 fully saturated rings. The second-order valence-electron chi connectivity index (χ2n) is 33.7. The number of likely N-dealkylation sites (tertiary alicyclic amines) is 1. The summed E-state index contributed by atoms with van der Waals surface area (Å²) in [5.74, 6) is 1.49. The SMILES string of the molecule is CC(C)(C)OC(=O)N1CCCCC1.CC(C)(C)OC(=O)N1CCN(c2nc(Cl)nc3c2sc2nc(-c4ccccc4)ccc23)CC1.CN(C)c1nc(N2CCNCC2)c2sc3nc(-c4ccccc4)ccc3c2n1.Clc1nc(Cl)c2sc3nc(-c4ccccc4)ccc3c2n1.N#Cc1ccc(-c2ccccc2)[nH]c1=S.NC(=O)CCl.NC(=O)c1sc2nc(-c3ccccc3)ccc2c1N.O=C(Cl)OC(Cl)(Cl)Cl. The van der Waals surface area contributed by atoms with Crippen LogP contribution in [-0.4, -0.2) is 195 Å². The number of hydrogen-bond donors (Lipinski definition) is 5. The Bertz CT molecular complexity index is 7430. The number of carbonyl (C=O) groups excluding carboxylic acids is 5. The molecule has 3 aliphatic heterocycles. The van der Waals surface area contributed by atoms with Crippen LogP contribution in [0.5, 0.6) is 0 Å². The number of nitrogen functional groups attached to an aromatic ring is 1. The normalized spacial score (nSPS) is 13.0. The summed E-state index contributed by atoms with van der Waals surface area (Å²) in [5, 5.41) is 16.7. The zero-order valence-corrected chi connectivity index (χ0v) is 88.0. The topological polar surface area (TPSA) is 388 Å². The number of nitriles is 1. The molecule has 0 atom stereocenters. The first kappa shape index (κ1) is 107. The van der Waals surface area contributed by atoms with Crippen molar-refractivity contribution < 1.29 is 38.2 Å². The summed E-state index contributed by atoms with van der Waals surface area (Å²) >= 11 is 53.7. The van der Waals surface area contributed by atoms with E-state index in [1.54, 1.807) is 38.5 Å². The molecule has 3 aliphatic rings. The van der Waals surface area contributed by atoms with Crippen molar-refractivity contribution in [2.75, 3.05) is 106 Å². The number of alkyl halides is 4. The Labute approximate surface area is 879 Å². The Hall–Kier alpha value is -12.2. The molecule has 0 saturated carbocycles. The van der Waals surface area contributed by atoms with Crippen molar-refractivity contribution in [1.82, 2.24) is 69.9 Å². The molecule has 0 radical (unpaired) electrons. The Morgan fingerprint density at radius 1 is 0.465 bits per heavy atom. The van der Waals surface area contributed by atoms with Crippen molar-refractivity contribution in [3.63, 3.8) is 0 Å². The number of aromatic amines is 1. The lowest BCUT2D eigenvalue weighted by Crippen LogP contribution is -2.50. The molecular formula is C100H95Cl8N21O8S5. The van der Waals surface area contributed by atoms with Crippen LogP contribution in [0.2, 0.25) is 15.7 Å². The van der Waals surface area contributed by atoms with Gasteiger partial charge in [-0.15, -0.1) is 56.9 Å². The monoisotopic (exact) mass is 2160 g/mol. The van der Waals surface area contributed by atoms with Gasteiger partial charge in [0, 0.05) is 141 Å². The first-order chi connectivity index (χ1) is 67.9. The number of piperazine rings is 2. The van der Waals surface area contributed by atoms with Gasteiger partial charge in [0.25, 0.3) is 5.91 Å². The molecule has 142 heavy (non-hydrogen) atoms. The number of nitrogens with one attached hydrogen (secondary N) is 2. The molecule has 3 saturated heterocycles. The maximum Gasteiger partial charge on any atom is 0.410 e. The molecule has 0 spiro atoms. The third-order valence-electron chi connectivity index (χ3n) is 21.0. The van der Waals surface area contributed by atoms with Crippen molar-refractivity contribution in [3.8, 4) is 62.4 Å². The van der Waals surface area contributed by atoms with Crippen LogP contribution in [0.4, 0.5) is 37.7 Å². The predicted molar refractivity (Wildman–Crippen MR) is 583 cm³/mol. The van der Waals surface area contributed by atoms with Crippen LogP contribution in [0.15, 0.2) is 212 Å². The van der Waals surface area contributed by atoms with Gasteiger partial charge in [0.15, 0.2) is 16.8 Å². The van der Waals surface area contributed by atoms with Gasteiger partial charge in [0.1, 0.15) is 52.0 Å². The van der Waals surface area contributed by atoms with Gasteiger partial charge >= 0.3 is 21.6 Å². The Morgan fingerprint density at radius 3 is 1.23 bits per heavy atom. The molecule has 734 valence electrons. The zero-order chi connectivity index (χ0) is 102. The summed E-state index contributed by atoms with van der Waals surface area (Å²) in [6.45, 7) is 19.3. The minimum absolute atomic E-state index is 0.0833. The number of amides is 4. The summed E-state index contributed by atoms with van der Waals surface area (Å²) in [4.78, 5) is 118. The molecule has 4 amide bonds. The zero-order valence-electron chi connectivity index (χ0n) is 77.8. The number of nitrogens with zero attached hydrogens (tertiary/aromatic N) is 16. The van der Waals surface area contributed by atoms with E-state index < -0.39 is 26.8 Å². The standard InChI is InChI=1S/C24H24ClN5O2S.C21H22N6S.C15H7Cl2N3S.C14H11N3OS.C12H8N2S.C10H19NO2.C2Cl4O2.C2H4ClNO/c1-24(2,3)32-23(31)30-13-11-29(12-14-30)20-19-18(27-22(25)28-20)16-9-10-17(26-21(16)33-19)15-7-5-4-6-8-15;1-26(2)21-24-17-15-8-9-16(14-6-4-3-5-7-14)23-20(15)28-18(17)19(25-21)27-12-10-22-11-13-27;16-13-12-11(19-15(17)20-13)9-6-7-10(18-14(9)21-12)8-4-2-1-3-5-8;15-11-9-6-7-10(8-4-2-1-3-5-8)17-14(9)19-12(11)13(16)18;13-8-10-6-7-11(14-12(10)15)9-4-2-1-3-5-9;1-10(2,3)13-9(12)11-7-5-4-6-8-11;3-1(7)8-2(4,5)6;3-1-2(4)5/h4-10H,11-14H2,1-3H3;3-9,22H,10-13H2,1-2H3;1-7H;1-7H,15H2,(H2,16,18);1-7H,(H,14,15);4-8H2,1-3H3;;1H2,(H2,4,5). The number of fused-ring (bicyclic) bond motifs is 10. The van der Waals surface area contributed by atoms with Crippen molar-refractivity contribution >= 4 is 275 Å². The second-order valence-corrected chi connectivity index (χ2v) is 41.9. The first-order valence-corrected chi connectivity index (χ1v) is 51.0. The van der Waals surface area contributed by atoms with Crippen molar-refractivity contribution in [1.29, 1.82) is 5.26 Å². The summed E-state index contributed by atoms with van der Waals surface area (Å²) in [6, 6.07) is 71.9. The Kier molecular flexibility index (Phi) is 37.1. The lowest BCUT2D eigenvalue weighted by molar-refractivity contribution is -0.115.